The summed E-state index contributed by atoms with van der Waals surface area (Å²) in [6.45, 7) is 3.37. The van der Waals surface area contributed by atoms with Gasteiger partial charge >= 0.3 is 11.9 Å². The van der Waals surface area contributed by atoms with E-state index in [0.29, 0.717) is 28.5 Å². The van der Waals surface area contributed by atoms with Gasteiger partial charge in [-0.15, -0.1) is 0 Å². The second-order valence-corrected chi connectivity index (χ2v) is 5.91. The molecule has 0 saturated heterocycles. The van der Waals surface area contributed by atoms with Gasteiger partial charge in [0.25, 0.3) is 0 Å². The third kappa shape index (κ3) is 4.31. The Morgan fingerprint density at radius 1 is 0.786 bits per heavy atom. The van der Waals surface area contributed by atoms with Gasteiger partial charge in [0.05, 0.1) is 51.0 Å². The Balaban J connectivity index is 2.70. The number of carbonyl (C=O) groups is 2. The number of nitrogens with zero attached hydrogens (tertiary/aromatic N) is 1. The molecule has 0 unspecified atom stereocenters. The molecule has 0 bridgehead atoms. The van der Waals surface area contributed by atoms with Crippen molar-refractivity contribution in [3.8, 4) is 11.5 Å². The Labute approximate surface area is 163 Å². The van der Waals surface area contributed by atoms with Crippen molar-refractivity contribution in [3.63, 3.8) is 0 Å². The Bertz CT molecular complexity index is 870. The molecule has 0 fully saturated rings. The molecule has 2 rings (SSSR count). The molecule has 0 spiro atoms. The van der Waals surface area contributed by atoms with E-state index < -0.39 is 11.9 Å². The van der Waals surface area contributed by atoms with Crippen LogP contribution in [0.4, 0.5) is 0 Å². The molecule has 7 heteroatoms. The zero-order chi connectivity index (χ0) is 20.8. The van der Waals surface area contributed by atoms with Crippen LogP contribution in [0.15, 0.2) is 18.2 Å². The first-order chi connectivity index (χ1) is 13.4. The van der Waals surface area contributed by atoms with Crippen molar-refractivity contribution in [2.45, 2.75) is 13.8 Å². The monoisotopic (exact) mass is 385 g/mol. The summed E-state index contributed by atoms with van der Waals surface area (Å²) in [4.78, 5) is 29.0. The predicted molar refractivity (Wildman–Crippen MR) is 105 cm³/mol. The molecule has 148 valence electrons. The van der Waals surface area contributed by atoms with Gasteiger partial charge in [0, 0.05) is 11.6 Å². The molecule has 0 aliphatic rings. The van der Waals surface area contributed by atoms with E-state index in [-0.39, 0.29) is 11.1 Å². The van der Waals surface area contributed by atoms with E-state index in [0.717, 1.165) is 5.56 Å². The van der Waals surface area contributed by atoms with Crippen molar-refractivity contribution in [2.75, 3.05) is 28.4 Å². The Morgan fingerprint density at radius 3 is 1.64 bits per heavy atom. The fraction of sp³-hybridized carbons (Fsp3) is 0.286. The van der Waals surface area contributed by atoms with Crippen molar-refractivity contribution >= 4 is 24.1 Å². The van der Waals surface area contributed by atoms with Gasteiger partial charge in [0.2, 0.25) is 0 Å². The lowest BCUT2D eigenvalue weighted by molar-refractivity contribution is 0.0596. The third-order valence-electron chi connectivity index (χ3n) is 4.19. The topological polar surface area (TPSA) is 84.0 Å². The van der Waals surface area contributed by atoms with E-state index in [1.807, 2.05) is 0 Å². The summed E-state index contributed by atoms with van der Waals surface area (Å²) in [6.07, 6.45) is 3.41. The lowest BCUT2D eigenvalue weighted by Crippen LogP contribution is -2.16. The number of methoxy groups -OCH3 is 4. The van der Waals surface area contributed by atoms with E-state index in [1.54, 1.807) is 58.4 Å². The quantitative estimate of drug-likeness (QED) is 0.704. The van der Waals surface area contributed by atoms with Gasteiger partial charge in [0.1, 0.15) is 11.5 Å². The Kier molecular flexibility index (Phi) is 6.76. The first-order valence-corrected chi connectivity index (χ1v) is 8.45. The van der Waals surface area contributed by atoms with Gasteiger partial charge in [-0.05, 0) is 31.5 Å². The SMILES string of the molecule is COC(=O)c1c(C)nc(C)c(C(=O)OC)c1/C=C/c1cc(OC)cc(OC)c1. The number of pyridine rings is 1. The van der Waals surface area contributed by atoms with E-state index in [1.165, 1.54) is 14.2 Å². The van der Waals surface area contributed by atoms with Crippen LogP contribution in [-0.2, 0) is 9.47 Å². The minimum atomic E-state index is -0.585. The number of esters is 2. The zero-order valence-electron chi connectivity index (χ0n) is 16.8. The average molecular weight is 385 g/mol. The van der Waals surface area contributed by atoms with Gasteiger partial charge in [-0.1, -0.05) is 12.2 Å². The lowest BCUT2D eigenvalue weighted by atomic mass is 9.97. The van der Waals surface area contributed by atoms with Crippen LogP contribution >= 0.6 is 0 Å². The molecule has 28 heavy (non-hydrogen) atoms. The van der Waals surface area contributed by atoms with E-state index in [9.17, 15) is 9.59 Å². The smallest absolute Gasteiger partial charge is 0.340 e. The van der Waals surface area contributed by atoms with Gasteiger partial charge in [-0.2, -0.15) is 0 Å². The summed E-state index contributed by atoms with van der Waals surface area (Å²) in [5.41, 5.74) is 2.47. The number of rotatable bonds is 6. The maximum Gasteiger partial charge on any atom is 0.340 e. The molecule has 2 aromatic rings. The average Bonchev–Trinajstić information content (AvgIpc) is 2.70. The van der Waals surface area contributed by atoms with Crippen LogP contribution in [0, 0.1) is 13.8 Å². The van der Waals surface area contributed by atoms with Crippen LogP contribution in [0.1, 0.15) is 43.2 Å². The molecule has 0 atom stereocenters. The fourth-order valence-electron chi connectivity index (χ4n) is 2.87. The number of carbonyl (C=O) groups excluding carboxylic acids is 2. The standard InChI is InChI=1S/C21H23NO6/c1-12-18(20(23)27-5)17(19(13(2)22-12)21(24)28-6)8-7-14-9-15(25-3)11-16(10-14)26-4/h7-11H,1-6H3/b8-7+. The molecule has 0 saturated carbocycles. The minimum Gasteiger partial charge on any atom is -0.497 e. The molecular weight excluding hydrogens is 362 g/mol. The van der Waals surface area contributed by atoms with Crippen molar-refractivity contribution in [1.82, 2.24) is 4.98 Å². The van der Waals surface area contributed by atoms with Crippen LogP contribution < -0.4 is 9.47 Å². The van der Waals surface area contributed by atoms with E-state index in [4.69, 9.17) is 18.9 Å². The van der Waals surface area contributed by atoms with Gasteiger partial charge in [0.15, 0.2) is 0 Å². The third-order valence-corrected chi connectivity index (χ3v) is 4.19. The lowest BCUT2D eigenvalue weighted by Gasteiger charge is -2.14. The van der Waals surface area contributed by atoms with Crippen molar-refractivity contribution in [3.05, 3.63) is 51.8 Å². The minimum absolute atomic E-state index is 0.208. The van der Waals surface area contributed by atoms with Crippen molar-refractivity contribution in [1.29, 1.82) is 0 Å². The second-order valence-electron chi connectivity index (χ2n) is 5.91. The van der Waals surface area contributed by atoms with Gasteiger partial charge in [-0.25, -0.2) is 9.59 Å². The molecular formula is C21H23NO6. The number of benzene rings is 1. The number of hydrogen-bond acceptors (Lipinski definition) is 7. The zero-order valence-corrected chi connectivity index (χ0v) is 16.8. The summed E-state index contributed by atoms with van der Waals surface area (Å²) in [5.74, 6) is 0.0565. The first-order valence-electron chi connectivity index (χ1n) is 8.45. The Morgan fingerprint density at radius 2 is 1.25 bits per heavy atom. The molecule has 1 heterocycles. The summed E-state index contributed by atoms with van der Waals surface area (Å²) in [5, 5.41) is 0. The summed E-state index contributed by atoms with van der Waals surface area (Å²) in [7, 11) is 5.67. The van der Waals surface area contributed by atoms with Crippen molar-refractivity contribution < 1.29 is 28.5 Å². The highest BCUT2D eigenvalue weighted by Crippen LogP contribution is 2.27. The molecule has 0 amide bonds. The summed E-state index contributed by atoms with van der Waals surface area (Å²) in [6, 6.07) is 5.35. The highest BCUT2D eigenvalue weighted by atomic mass is 16.5. The molecule has 0 N–H and O–H groups in total. The predicted octanol–water partition coefficient (Wildman–Crippen LogP) is 3.46. The molecule has 1 aromatic heterocycles. The fourth-order valence-corrected chi connectivity index (χ4v) is 2.87. The first kappa shape index (κ1) is 21.0. The number of aromatic nitrogens is 1. The van der Waals surface area contributed by atoms with E-state index >= 15 is 0 Å². The number of hydrogen-bond donors (Lipinski definition) is 0. The van der Waals surface area contributed by atoms with Gasteiger partial charge in [-0.3, -0.25) is 4.98 Å². The Hall–Kier alpha value is -3.35. The van der Waals surface area contributed by atoms with Crippen LogP contribution in [0.5, 0.6) is 11.5 Å². The molecule has 7 nitrogen and oxygen atoms in total. The highest BCUT2D eigenvalue weighted by molar-refractivity contribution is 6.03. The van der Waals surface area contributed by atoms with Crippen LogP contribution in [0.3, 0.4) is 0 Å². The van der Waals surface area contributed by atoms with Crippen molar-refractivity contribution in [2.24, 2.45) is 0 Å². The number of aryl methyl sites for hydroxylation is 2. The van der Waals surface area contributed by atoms with Crippen LogP contribution in [0.25, 0.3) is 12.2 Å². The summed E-state index contributed by atoms with van der Waals surface area (Å²) < 4.78 is 20.3. The normalized spacial score (nSPS) is 10.6. The number of ether oxygens (including phenoxy) is 4. The second kappa shape index (κ2) is 9.03. The molecule has 1 aromatic carbocycles. The molecule has 0 aliphatic heterocycles. The maximum atomic E-state index is 12.4. The maximum absolute atomic E-state index is 12.4. The van der Waals surface area contributed by atoms with Crippen LogP contribution in [-0.4, -0.2) is 45.4 Å². The van der Waals surface area contributed by atoms with Crippen LogP contribution in [0.2, 0.25) is 0 Å². The molecule has 0 aliphatic carbocycles. The van der Waals surface area contributed by atoms with Gasteiger partial charge < -0.3 is 18.9 Å². The molecule has 0 radical (unpaired) electrons. The highest BCUT2D eigenvalue weighted by Gasteiger charge is 2.24. The largest absolute Gasteiger partial charge is 0.497 e. The summed E-state index contributed by atoms with van der Waals surface area (Å²) >= 11 is 0. The van der Waals surface area contributed by atoms with E-state index in [2.05, 4.69) is 4.98 Å².